The Morgan fingerprint density at radius 3 is 2.38 bits per heavy atom. The van der Waals surface area contributed by atoms with E-state index in [4.69, 9.17) is 5.73 Å². The summed E-state index contributed by atoms with van der Waals surface area (Å²) in [5, 5.41) is 34.4. The Kier molecular flexibility index (Phi) is 9.42. The topological polar surface area (TPSA) is 215 Å². The van der Waals surface area contributed by atoms with E-state index in [1.165, 1.54) is 17.0 Å². The molecule has 1 aliphatic heterocycles. The second-order valence-electron chi connectivity index (χ2n) is 10.3. The first-order valence-corrected chi connectivity index (χ1v) is 13.5. The summed E-state index contributed by atoms with van der Waals surface area (Å²) in [4.78, 5) is 67.4. The Labute approximate surface area is 240 Å². The molecule has 0 spiro atoms. The van der Waals surface area contributed by atoms with Gasteiger partial charge in [0, 0.05) is 30.1 Å². The number of nitrogens with two attached hydrogens (primary N) is 1. The number of carbonyl (C=O) groups excluding carboxylic acids is 3. The van der Waals surface area contributed by atoms with Gasteiger partial charge in [-0.15, -0.1) is 0 Å². The van der Waals surface area contributed by atoms with Crippen molar-refractivity contribution in [2.24, 2.45) is 5.73 Å². The summed E-state index contributed by atoms with van der Waals surface area (Å²) in [6.45, 7) is 0.128. The fraction of sp³-hybridized carbons (Fsp3) is 0.345. The van der Waals surface area contributed by atoms with Crippen molar-refractivity contribution >= 4 is 40.6 Å². The van der Waals surface area contributed by atoms with Crippen LogP contribution in [-0.2, 0) is 36.8 Å². The minimum Gasteiger partial charge on any atom is -0.508 e. The van der Waals surface area contributed by atoms with Gasteiger partial charge in [-0.05, 0) is 48.6 Å². The van der Waals surface area contributed by atoms with Crippen LogP contribution in [0, 0.1) is 0 Å². The van der Waals surface area contributed by atoms with Gasteiger partial charge in [-0.1, -0.05) is 30.3 Å². The zero-order chi connectivity index (χ0) is 30.4. The molecule has 3 aromatic rings. The third-order valence-electron chi connectivity index (χ3n) is 7.27. The molecule has 2 heterocycles. The second-order valence-corrected chi connectivity index (χ2v) is 10.3. The van der Waals surface area contributed by atoms with Crippen molar-refractivity contribution in [3.8, 4) is 5.75 Å². The lowest BCUT2D eigenvalue weighted by molar-refractivity contribution is -0.147. The number of nitrogens with one attached hydrogen (secondary N) is 3. The molecule has 4 unspecified atom stereocenters. The predicted molar refractivity (Wildman–Crippen MR) is 150 cm³/mol. The van der Waals surface area contributed by atoms with E-state index in [9.17, 15) is 39.3 Å². The number of aromatic nitrogens is 1. The highest BCUT2D eigenvalue weighted by Crippen LogP contribution is 2.22. The number of carboxylic acid groups (broad SMARTS) is 2. The lowest BCUT2D eigenvalue weighted by atomic mass is 10.0. The van der Waals surface area contributed by atoms with Crippen LogP contribution in [-0.4, -0.2) is 85.6 Å². The fourth-order valence-corrected chi connectivity index (χ4v) is 5.12. The molecule has 42 heavy (non-hydrogen) atoms. The maximum absolute atomic E-state index is 13.5. The molecular weight excluding hydrogens is 546 g/mol. The van der Waals surface area contributed by atoms with E-state index >= 15 is 0 Å². The van der Waals surface area contributed by atoms with Crippen LogP contribution < -0.4 is 16.4 Å². The minimum absolute atomic E-state index is 0.00235. The number of phenols is 1. The smallest absolute Gasteiger partial charge is 0.326 e. The average Bonchev–Trinajstić information content (AvgIpc) is 3.60. The molecule has 0 saturated carbocycles. The van der Waals surface area contributed by atoms with E-state index in [2.05, 4.69) is 15.6 Å². The maximum atomic E-state index is 13.5. The number of hydrogen-bond acceptors (Lipinski definition) is 7. The molecule has 4 atom stereocenters. The van der Waals surface area contributed by atoms with E-state index in [0.29, 0.717) is 17.5 Å². The molecule has 1 fully saturated rings. The Morgan fingerprint density at radius 2 is 1.69 bits per heavy atom. The Hall–Kier alpha value is -4.91. The second kappa shape index (κ2) is 13.2. The molecule has 222 valence electrons. The van der Waals surface area contributed by atoms with Gasteiger partial charge >= 0.3 is 11.9 Å². The van der Waals surface area contributed by atoms with Crippen molar-refractivity contribution < 1.29 is 39.3 Å². The van der Waals surface area contributed by atoms with Crippen molar-refractivity contribution in [3.63, 3.8) is 0 Å². The molecule has 0 aliphatic carbocycles. The van der Waals surface area contributed by atoms with Crippen LogP contribution in [0.2, 0.25) is 0 Å². The molecule has 0 bridgehead atoms. The van der Waals surface area contributed by atoms with Gasteiger partial charge < -0.3 is 41.6 Å². The Bertz CT molecular complexity index is 1470. The number of para-hydroxylation sites is 1. The summed E-state index contributed by atoms with van der Waals surface area (Å²) in [5.74, 6) is -4.76. The number of amides is 3. The number of aromatic hydroxyl groups is 1. The van der Waals surface area contributed by atoms with Crippen LogP contribution in [0.25, 0.3) is 10.9 Å². The Morgan fingerprint density at radius 1 is 0.976 bits per heavy atom. The van der Waals surface area contributed by atoms with Gasteiger partial charge in [0.1, 0.15) is 23.9 Å². The third-order valence-corrected chi connectivity index (χ3v) is 7.27. The molecule has 1 aromatic heterocycles. The summed E-state index contributed by atoms with van der Waals surface area (Å²) in [6, 6.07) is 8.47. The number of nitrogens with zero attached hydrogens (tertiary/aromatic N) is 1. The monoisotopic (exact) mass is 579 g/mol. The lowest BCUT2D eigenvalue weighted by Crippen LogP contribution is -2.57. The first-order valence-electron chi connectivity index (χ1n) is 13.5. The summed E-state index contributed by atoms with van der Waals surface area (Å²) < 4.78 is 0. The van der Waals surface area contributed by atoms with E-state index in [1.807, 2.05) is 24.3 Å². The first-order chi connectivity index (χ1) is 20.0. The third kappa shape index (κ3) is 7.23. The predicted octanol–water partition coefficient (Wildman–Crippen LogP) is 0.506. The number of benzene rings is 2. The van der Waals surface area contributed by atoms with Gasteiger partial charge in [0.05, 0.1) is 12.5 Å². The summed E-state index contributed by atoms with van der Waals surface area (Å²) in [6.07, 6.45) is 1.69. The number of aromatic amines is 1. The zero-order valence-corrected chi connectivity index (χ0v) is 22.7. The molecule has 13 heteroatoms. The number of H-pyrrole nitrogens is 1. The van der Waals surface area contributed by atoms with Crippen LogP contribution in [0.1, 0.15) is 30.4 Å². The fourth-order valence-electron chi connectivity index (χ4n) is 5.12. The molecular formula is C29H33N5O8. The van der Waals surface area contributed by atoms with Gasteiger partial charge in [-0.2, -0.15) is 0 Å². The van der Waals surface area contributed by atoms with Gasteiger partial charge in [0.15, 0.2) is 0 Å². The van der Waals surface area contributed by atoms with Gasteiger partial charge in [0.25, 0.3) is 0 Å². The van der Waals surface area contributed by atoms with Crippen molar-refractivity contribution in [1.29, 1.82) is 0 Å². The average molecular weight is 580 g/mol. The Balaban J connectivity index is 1.43. The molecule has 8 N–H and O–H groups in total. The highest BCUT2D eigenvalue weighted by molar-refractivity contribution is 5.96. The van der Waals surface area contributed by atoms with Gasteiger partial charge in [0.2, 0.25) is 17.7 Å². The number of hydrogen-bond donors (Lipinski definition) is 7. The van der Waals surface area contributed by atoms with E-state index in [-0.39, 0.29) is 31.6 Å². The van der Waals surface area contributed by atoms with Crippen molar-refractivity contribution in [2.75, 3.05) is 6.54 Å². The summed E-state index contributed by atoms with van der Waals surface area (Å²) >= 11 is 0. The largest absolute Gasteiger partial charge is 0.508 e. The van der Waals surface area contributed by atoms with Crippen LogP contribution in [0.4, 0.5) is 0 Å². The molecule has 4 rings (SSSR count). The molecule has 1 aliphatic rings. The number of aliphatic carboxylic acids is 2. The highest BCUT2D eigenvalue weighted by Gasteiger charge is 2.40. The van der Waals surface area contributed by atoms with Crippen molar-refractivity contribution in [1.82, 2.24) is 20.5 Å². The molecule has 1 saturated heterocycles. The zero-order valence-electron chi connectivity index (χ0n) is 22.7. The lowest BCUT2D eigenvalue weighted by Gasteiger charge is -2.29. The van der Waals surface area contributed by atoms with Gasteiger partial charge in [-0.25, -0.2) is 4.79 Å². The summed E-state index contributed by atoms with van der Waals surface area (Å²) in [5.41, 5.74) is 8.17. The minimum atomic E-state index is -1.49. The first kappa shape index (κ1) is 30.1. The van der Waals surface area contributed by atoms with Crippen LogP contribution in [0.15, 0.2) is 54.7 Å². The van der Waals surface area contributed by atoms with Crippen molar-refractivity contribution in [3.05, 3.63) is 65.9 Å². The van der Waals surface area contributed by atoms with E-state index < -0.39 is 60.2 Å². The van der Waals surface area contributed by atoms with Gasteiger partial charge in [-0.3, -0.25) is 19.2 Å². The van der Waals surface area contributed by atoms with Crippen LogP contribution in [0.3, 0.4) is 0 Å². The van der Waals surface area contributed by atoms with E-state index in [1.54, 1.807) is 18.3 Å². The normalized spacial score (nSPS) is 16.9. The molecule has 2 aromatic carbocycles. The highest BCUT2D eigenvalue weighted by atomic mass is 16.4. The number of fused-ring (bicyclic) bond motifs is 1. The van der Waals surface area contributed by atoms with E-state index in [0.717, 1.165) is 10.9 Å². The van der Waals surface area contributed by atoms with Crippen LogP contribution >= 0.6 is 0 Å². The standard InChI is InChI=1S/C29H33N5O8/c30-20(12-16-7-9-18(35)10-8-16)26(38)32-22(14-25(36)37)28(40)34-11-3-6-24(34)27(39)33-23(29(41)42)13-17-15-31-21-5-2-1-4-19(17)21/h1-2,4-5,7-10,15,20,22-24,31,35H,3,6,11-14,30H2,(H,32,38)(H,33,39)(H,36,37)(H,41,42). The molecule has 13 nitrogen and oxygen atoms in total. The van der Waals surface area contributed by atoms with Crippen LogP contribution in [0.5, 0.6) is 5.75 Å². The SMILES string of the molecule is NC(Cc1ccc(O)cc1)C(=O)NC(CC(=O)O)C(=O)N1CCCC1C(=O)NC(Cc1c[nH]c2ccccc12)C(=O)O. The number of phenolic OH excluding ortho intramolecular Hbond substituents is 1. The molecule has 3 amide bonds. The van der Waals surface area contributed by atoms with Crippen molar-refractivity contribution in [2.45, 2.75) is 56.3 Å². The maximum Gasteiger partial charge on any atom is 0.326 e. The number of likely N-dealkylation sites (tertiary alicyclic amines) is 1. The molecule has 0 radical (unpaired) electrons. The quantitative estimate of drug-likeness (QED) is 0.159. The number of rotatable bonds is 12. The summed E-state index contributed by atoms with van der Waals surface area (Å²) in [7, 11) is 0. The number of carboxylic acids is 2. The number of carbonyl (C=O) groups is 5.